The normalized spacial score (nSPS) is 18.5. The van der Waals surface area contributed by atoms with Gasteiger partial charge >= 0.3 is 0 Å². The zero-order valence-corrected chi connectivity index (χ0v) is 12.6. The number of hydrogen-bond acceptors (Lipinski definition) is 10. The summed E-state index contributed by atoms with van der Waals surface area (Å²) < 4.78 is 0. The summed E-state index contributed by atoms with van der Waals surface area (Å²) in [5.74, 6) is -5.81. The lowest BCUT2D eigenvalue weighted by molar-refractivity contribution is -0.143. The van der Waals surface area contributed by atoms with Gasteiger partial charge in [-0.25, -0.2) is 0 Å². The second-order valence-corrected chi connectivity index (χ2v) is 5.06. The zero-order chi connectivity index (χ0) is 19.4. The lowest BCUT2D eigenvalue weighted by Gasteiger charge is -2.16. The molecular weight excluding hydrogens is 340 g/mol. The molecule has 1 aromatic rings. The minimum absolute atomic E-state index is 0.0153. The highest BCUT2D eigenvalue weighted by Crippen LogP contribution is 2.27. The molecule has 3 unspecified atom stereocenters. The molecule has 6 N–H and O–H groups in total. The van der Waals surface area contributed by atoms with Crippen LogP contribution >= 0.6 is 0 Å². The number of rotatable bonds is 5. The Morgan fingerprint density at radius 3 is 1.84 bits per heavy atom. The molecule has 25 heavy (non-hydrogen) atoms. The molecule has 1 aliphatic carbocycles. The van der Waals surface area contributed by atoms with E-state index in [2.05, 4.69) is 0 Å². The van der Waals surface area contributed by atoms with Gasteiger partial charge in [0.25, 0.3) is 5.79 Å². The van der Waals surface area contributed by atoms with E-state index in [0.29, 0.717) is 0 Å². The van der Waals surface area contributed by atoms with Gasteiger partial charge in [0, 0.05) is 11.1 Å². The van der Waals surface area contributed by atoms with Crippen LogP contribution in [-0.2, 0) is 9.59 Å². The topological polar surface area (TPSA) is 190 Å². The van der Waals surface area contributed by atoms with Gasteiger partial charge in [-0.15, -0.1) is 0 Å². The van der Waals surface area contributed by atoms with E-state index in [0.717, 1.165) is 0 Å². The molecule has 0 aromatic heterocycles. The molecule has 0 spiro atoms. The summed E-state index contributed by atoms with van der Waals surface area (Å²) in [7, 11) is 0. The Balaban J connectivity index is 0.000000252. The van der Waals surface area contributed by atoms with Gasteiger partial charge in [-0.1, -0.05) is 24.3 Å². The maximum absolute atomic E-state index is 11.2. The van der Waals surface area contributed by atoms with Crippen molar-refractivity contribution in [3.63, 3.8) is 0 Å². The highest BCUT2D eigenvalue weighted by molar-refractivity contribution is 6.30. The lowest BCUT2D eigenvalue weighted by Crippen LogP contribution is -2.43. The highest BCUT2D eigenvalue weighted by Gasteiger charge is 2.50. The Hall–Kier alpha value is -2.34. The van der Waals surface area contributed by atoms with Crippen molar-refractivity contribution in [2.24, 2.45) is 0 Å². The van der Waals surface area contributed by atoms with Crippen molar-refractivity contribution in [1.29, 1.82) is 0 Å². The quantitative estimate of drug-likeness (QED) is 0.176. The molecule has 0 heterocycles. The standard InChI is InChI=1S/C9H6O4.C6H10O6/c10-7-5-3-1-2-4-6(5)8(11)9(7,12)13;7-1-3(9)5(11)6(12)4(10)2-8/h1-4,12-13H;1,3,5-6,8-9,11-12H,2H2. The van der Waals surface area contributed by atoms with Gasteiger partial charge in [0.1, 0.15) is 24.9 Å². The monoisotopic (exact) mass is 356 g/mol. The molecule has 10 nitrogen and oxygen atoms in total. The minimum atomic E-state index is -2.86. The largest absolute Gasteiger partial charge is 0.388 e. The van der Waals surface area contributed by atoms with Gasteiger partial charge in [-0.3, -0.25) is 14.4 Å². The Morgan fingerprint density at radius 2 is 1.48 bits per heavy atom. The van der Waals surface area contributed by atoms with Crippen molar-refractivity contribution in [2.45, 2.75) is 24.1 Å². The third-order valence-electron chi connectivity index (χ3n) is 3.35. The van der Waals surface area contributed by atoms with Crippen molar-refractivity contribution in [1.82, 2.24) is 0 Å². The predicted octanol–water partition coefficient (Wildman–Crippen LogP) is -3.42. The van der Waals surface area contributed by atoms with Crippen LogP contribution in [0.2, 0.25) is 0 Å². The van der Waals surface area contributed by atoms with Crippen molar-refractivity contribution < 1.29 is 49.8 Å². The third-order valence-corrected chi connectivity index (χ3v) is 3.35. The van der Waals surface area contributed by atoms with Crippen LogP contribution in [0.15, 0.2) is 24.3 Å². The van der Waals surface area contributed by atoms with Crippen LogP contribution in [0, 0.1) is 0 Å². The van der Waals surface area contributed by atoms with Gasteiger partial charge in [0.15, 0.2) is 12.1 Å². The van der Waals surface area contributed by atoms with Crippen LogP contribution in [0.25, 0.3) is 0 Å². The smallest absolute Gasteiger partial charge is 0.295 e. The number of Topliss-reactive ketones (excluding diaryl/α,β-unsaturated/α-hetero) is 3. The molecule has 1 aliphatic rings. The summed E-state index contributed by atoms with van der Waals surface area (Å²) in [4.78, 5) is 42.8. The molecular formula is C15H16O10. The van der Waals surface area contributed by atoms with Gasteiger partial charge in [0.05, 0.1) is 0 Å². The fourth-order valence-electron chi connectivity index (χ4n) is 1.91. The molecule has 0 saturated heterocycles. The number of hydrogen-bond donors (Lipinski definition) is 6. The van der Waals surface area contributed by atoms with E-state index in [-0.39, 0.29) is 17.4 Å². The van der Waals surface area contributed by atoms with Gasteiger partial charge in [-0.05, 0) is 0 Å². The van der Waals surface area contributed by atoms with Crippen molar-refractivity contribution in [3.8, 4) is 0 Å². The molecule has 1 aromatic carbocycles. The fraction of sp³-hybridized carbons (Fsp3) is 0.333. The van der Waals surface area contributed by atoms with Gasteiger partial charge < -0.3 is 35.4 Å². The predicted molar refractivity (Wildman–Crippen MR) is 78.4 cm³/mol. The first-order chi connectivity index (χ1) is 11.6. The molecule has 0 radical (unpaired) electrons. The van der Waals surface area contributed by atoms with E-state index in [1.807, 2.05) is 0 Å². The first-order valence-electron chi connectivity index (χ1n) is 6.86. The Labute approximate surface area is 140 Å². The van der Waals surface area contributed by atoms with E-state index in [1.165, 1.54) is 12.1 Å². The highest BCUT2D eigenvalue weighted by atomic mass is 16.5. The van der Waals surface area contributed by atoms with E-state index in [4.69, 9.17) is 30.6 Å². The second kappa shape index (κ2) is 8.16. The number of ketones is 3. The first-order valence-corrected chi connectivity index (χ1v) is 6.86. The number of aliphatic hydroxyl groups excluding tert-OH is 4. The van der Waals surface area contributed by atoms with E-state index < -0.39 is 48.1 Å². The van der Waals surface area contributed by atoms with Crippen LogP contribution in [0.3, 0.4) is 0 Å². The van der Waals surface area contributed by atoms with Gasteiger partial charge in [-0.2, -0.15) is 0 Å². The van der Waals surface area contributed by atoms with Crippen molar-refractivity contribution >= 4 is 23.6 Å². The number of aldehydes is 1. The average Bonchev–Trinajstić information content (AvgIpc) is 2.80. The molecule has 0 aliphatic heterocycles. The molecule has 10 heteroatoms. The SMILES string of the molecule is O=C1c2ccccc2C(=O)C1(O)O.O=CC(O)C(O)C(O)C(=O)CO. The van der Waals surface area contributed by atoms with Crippen LogP contribution in [-0.4, -0.2) is 85.0 Å². The Bertz CT molecular complexity index is 644. The number of carbonyl (C=O) groups is 4. The maximum Gasteiger partial charge on any atom is 0.295 e. The zero-order valence-electron chi connectivity index (χ0n) is 12.6. The molecule has 0 saturated carbocycles. The second-order valence-electron chi connectivity index (χ2n) is 5.06. The number of carbonyl (C=O) groups excluding carboxylic acids is 4. The van der Waals surface area contributed by atoms with Crippen molar-refractivity contribution in [2.75, 3.05) is 6.61 Å². The number of fused-ring (bicyclic) bond motifs is 1. The Morgan fingerprint density at radius 1 is 1.04 bits per heavy atom. The van der Waals surface area contributed by atoms with Gasteiger partial charge in [0.2, 0.25) is 11.6 Å². The lowest BCUT2D eigenvalue weighted by atomic mass is 10.1. The summed E-state index contributed by atoms with van der Waals surface area (Å²) in [6.45, 7) is -0.955. The molecule has 0 amide bonds. The molecule has 0 bridgehead atoms. The van der Waals surface area contributed by atoms with E-state index in [1.54, 1.807) is 12.1 Å². The Kier molecular flexibility index (Phi) is 6.76. The summed E-state index contributed by atoms with van der Waals surface area (Å²) in [6, 6.07) is 5.91. The molecule has 0 fully saturated rings. The minimum Gasteiger partial charge on any atom is -0.388 e. The first kappa shape index (κ1) is 20.7. The number of aliphatic hydroxyl groups is 6. The van der Waals surface area contributed by atoms with Crippen LogP contribution in [0.5, 0.6) is 0 Å². The number of benzene rings is 1. The van der Waals surface area contributed by atoms with E-state index in [9.17, 15) is 19.2 Å². The maximum atomic E-state index is 11.2. The van der Waals surface area contributed by atoms with Crippen LogP contribution < -0.4 is 0 Å². The summed E-state index contributed by atoms with van der Waals surface area (Å²) in [5.41, 5.74) is 0.134. The summed E-state index contributed by atoms with van der Waals surface area (Å²) >= 11 is 0. The van der Waals surface area contributed by atoms with Crippen LogP contribution in [0.4, 0.5) is 0 Å². The summed E-state index contributed by atoms with van der Waals surface area (Å²) in [6.07, 6.45) is -5.66. The molecule has 2 rings (SSSR count). The molecule has 136 valence electrons. The fourth-order valence-corrected chi connectivity index (χ4v) is 1.91. The summed E-state index contributed by atoms with van der Waals surface area (Å²) in [5, 5.41) is 52.7. The average molecular weight is 356 g/mol. The van der Waals surface area contributed by atoms with E-state index >= 15 is 0 Å². The molecule has 3 atom stereocenters. The third kappa shape index (κ3) is 4.20. The van der Waals surface area contributed by atoms with Crippen molar-refractivity contribution in [3.05, 3.63) is 35.4 Å². The van der Waals surface area contributed by atoms with Crippen LogP contribution in [0.1, 0.15) is 20.7 Å².